The van der Waals surface area contributed by atoms with Gasteiger partial charge in [-0.15, -0.1) is 0 Å². The van der Waals surface area contributed by atoms with E-state index in [0.29, 0.717) is 21.9 Å². The Kier molecular flexibility index (Phi) is 3.21. The molecule has 4 aromatic rings. The van der Waals surface area contributed by atoms with E-state index in [2.05, 4.69) is 4.98 Å². The van der Waals surface area contributed by atoms with E-state index in [4.69, 9.17) is 4.42 Å². The molecule has 0 fully saturated rings. The van der Waals surface area contributed by atoms with Crippen molar-refractivity contribution < 1.29 is 14.1 Å². The van der Waals surface area contributed by atoms with Gasteiger partial charge >= 0.3 is 5.63 Å². The van der Waals surface area contributed by atoms with Crippen LogP contribution < -0.4 is 5.63 Å². The van der Waals surface area contributed by atoms with E-state index < -0.39 is 16.3 Å². The van der Waals surface area contributed by atoms with Crippen LogP contribution in [-0.2, 0) is 0 Å². The van der Waals surface area contributed by atoms with Crippen molar-refractivity contribution in [3.05, 3.63) is 86.4 Å². The molecular formula is C18H10N2O5. The van der Waals surface area contributed by atoms with E-state index in [-0.39, 0.29) is 16.8 Å². The number of nitro benzene ring substituents is 1. The molecule has 2 aromatic heterocycles. The first-order valence-electron chi connectivity index (χ1n) is 7.38. The summed E-state index contributed by atoms with van der Waals surface area (Å²) in [7, 11) is 0. The number of nitrogens with zero attached hydrogens (tertiary/aromatic N) is 1. The van der Waals surface area contributed by atoms with E-state index >= 15 is 0 Å². The van der Waals surface area contributed by atoms with Gasteiger partial charge in [-0.2, -0.15) is 0 Å². The summed E-state index contributed by atoms with van der Waals surface area (Å²) >= 11 is 0. The molecule has 1 N–H and O–H groups in total. The number of non-ortho nitro benzene ring substituents is 1. The molecule has 0 saturated carbocycles. The number of ketones is 1. The third-order valence-electron chi connectivity index (χ3n) is 4.01. The highest BCUT2D eigenvalue weighted by Gasteiger charge is 2.20. The van der Waals surface area contributed by atoms with Gasteiger partial charge in [0.05, 0.1) is 4.92 Å². The Morgan fingerprint density at radius 3 is 2.68 bits per heavy atom. The number of para-hydroxylation sites is 1. The number of hydrogen-bond donors (Lipinski definition) is 1. The average Bonchev–Trinajstić information content (AvgIpc) is 3.03. The molecule has 0 spiro atoms. The first-order chi connectivity index (χ1) is 12.0. The Hall–Kier alpha value is -3.74. The van der Waals surface area contributed by atoms with E-state index in [0.717, 1.165) is 0 Å². The number of rotatable bonds is 3. The van der Waals surface area contributed by atoms with Crippen molar-refractivity contribution in [3.8, 4) is 0 Å². The summed E-state index contributed by atoms with van der Waals surface area (Å²) in [6, 6.07) is 12.5. The Morgan fingerprint density at radius 1 is 1.08 bits per heavy atom. The number of benzene rings is 2. The van der Waals surface area contributed by atoms with Gasteiger partial charge in [0, 0.05) is 40.2 Å². The fourth-order valence-corrected chi connectivity index (χ4v) is 2.78. The van der Waals surface area contributed by atoms with Crippen molar-refractivity contribution in [1.29, 1.82) is 0 Å². The number of nitro groups is 1. The molecule has 0 atom stereocenters. The number of hydrogen-bond acceptors (Lipinski definition) is 5. The summed E-state index contributed by atoms with van der Waals surface area (Å²) < 4.78 is 5.19. The average molecular weight is 334 g/mol. The van der Waals surface area contributed by atoms with Gasteiger partial charge in [-0.25, -0.2) is 4.79 Å². The summed E-state index contributed by atoms with van der Waals surface area (Å²) in [5.41, 5.74) is 0.139. The minimum Gasteiger partial charge on any atom is -0.422 e. The van der Waals surface area contributed by atoms with Crippen molar-refractivity contribution in [2.75, 3.05) is 0 Å². The van der Waals surface area contributed by atoms with Crippen LogP contribution in [0.5, 0.6) is 0 Å². The monoisotopic (exact) mass is 334 g/mol. The predicted octanol–water partition coefficient (Wildman–Crippen LogP) is 3.41. The van der Waals surface area contributed by atoms with Crippen molar-refractivity contribution in [1.82, 2.24) is 4.98 Å². The highest BCUT2D eigenvalue weighted by atomic mass is 16.6. The smallest absolute Gasteiger partial charge is 0.347 e. The third-order valence-corrected chi connectivity index (χ3v) is 4.01. The van der Waals surface area contributed by atoms with Crippen LogP contribution in [-0.4, -0.2) is 15.7 Å². The highest BCUT2D eigenvalue weighted by Crippen LogP contribution is 2.25. The Bertz CT molecular complexity index is 1220. The molecule has 0 amide bonds. The fraction of sp³-hybridized carbons (Fsp3) is 0. The predicted molar refractivity (Wildman–Crippen MR) is 90.9 cm³/mol. The molecule has 25 heavy (non-hydrogen) atoms. The van der Waals surface area contributed by atoms with Gasteiger partial charge < -0.3 is 9.40 Å². The molecule has 0 saturated heterocycles. The van der Waals surface area contributed by atoms with Crippen LogP contribution in [0, 0.1) is 10.1 Å². The van der Waals surface area contributed by atoms with E-state index in [9.17, 15) is 19.7 Å². The van der Waals surface area contributed by atoms with Crippen LogP contribution >= 0.6 is 0 Å². The lowest BCUT2D eigenvalue weighted by Crippen LogP contribution is -2.14. The largest absolute Gasteiger partial charge is 0.422 e. The molecule has 2 heterocycles. The van der Waals surface area contributed by atoms with Crippen LogP contribution in [0.2, 0.25) is 0 Å². The van der Waals surface area contributed by atoms with Gasteiger partial charge in [0.25, 0.3) is 5.69 Å². The van der Waals surface area contributed by atoms with Gasteiger partial charge in [-0.3, -0.25) is 14.9 Å². The Balaban J connectivity index is 1.90. The first-order valence-corrected chi connectivity index (χ1v) is 7.38. The van der Waals surface area contributed by atoms with Gasteiger partial charge in [-0.05, 0) is 18.2 Å². The number of carbonyl (C=O) groups excluding carboxylic acids is 1. The molecule has 7 heteroatoms. The number of aromatic amines is 1. The van der Waals surface area contributed by atoms with Crippen LogP contribution in [0.1, 0.15) is 15.9 Å². The van der Waals surface area contributed by atoms with Gasteiger partial charge in [0.1, 0.15) is 11.1 Å². The molecule has 2 aromatic carbocycles. The molecule has 0 aliphatic heterocycles. The van der Waals surface area contributed by atoms with Crippen molar-refractivity contribution in [2.24, 2.45) is 0 Å². The summed E-state index contributed by atoms with van der Waals surface area (Å²) in [5.74, 6) is -0.550. The lowest BCUT2D eigenvalue weighted by Gasteiger charge is -2.01. The zero-order chi connectivity index (χ0) is 17.6. The molecule has 0 aliphatic carbocycles. The molecule has 4 rings (SSSR count). The zero-order valence-electron chi connectivity index (χ0n) is 12.7. The second-order valence-electron chi connectivity index (χ2n) is 5.50. The lowest BCUT2D eigenvalue weighted by atomic mass is 10.0. The van der Waals surface area contributed by atoms with Crippen molar-refractivity contribution in [3.63, 3.8) is 0 Å². The van der Waals surface area contributed by atoms with Gasteiger partial charge in [0.2, 0.25) is 5.78 Å². The van der Waals surface area contributed by atoms with E-state index in [1.54, 1.807) is 24.3 Å². The minimum atomic E-state index is -0.747. The summed E-state index contributed by atoms with van der Waals surface area (Å²) in [4.78, 5) is 38.3. The SMILES string of the molecule is O=C(c1cc2ccccc2oc1=O)c1c[nH]c2ccc([N+](=O)[O-])cc12. The summed E-state index contributed by atoms with van der Waals surface area (Å²) in [5, 5.41) is 12.0. The second-order valence-corrected chi connectivity index (χ2v) is 5.50. The number of fused-ring (bicyclic) bond motifs is 2. The minimum absolute atomic E-state index is 0.119. The quantitative estimate of drug-likeness (QED) is 0.267. The summed E-state index contributed by atoms with van der Waals surface area (Å²) in [6.45, 7) is 0. The number of H-pyrrole nitrogens is 1. The Labute approximate surface area is 139 Å². The normalized spacial score (nSPS) is 11.0. The Morgan fingerprint density at radius 2 is 1.88 bits per heavy atom. The molecule has 0 unspecified atom stereocenters. The van der Waals surface area contributed by atoms with Crippen LogP contribution in [0.3, 0.4) is 0 Å². The highest BCUT2D eigenvalue weighted by molar-refractivity contribution is 6.17. The molecule has 7 nitrogen and oxygen atoms in total. The third kappa shape index (κ3) is 2.38. The molecule has 0 bridgehead atoms. The van der Waals surface area contributed by atoms with Crippen LogP contribution in [0.15, 0.2) is 63.9 Å². The van der Waals surface area contributed by atoms with Crippen LogP contribution in [0.25, 0.3) is 21.9 Å². The first kappa shape index (κ1) is 14.8. The van der Waals surface area contributed by atoms with E-state index in [1.165, 1.54) is 30.5 Å². The number of carbonyl (C=O) groups is 1. The maximum atomic E-state index is 12.8. The fourth-order valence-electron chi connectivity index (χ4n) is 2.78. The lowest BCUT2D eigenvalue weighted by molar-refractivity contribution is -0.384. The van der Waals surface area contributed by atoms with Gasteiger partial charge in [0.15, 0.2) is 0 Å². The molecular weight excluding hydrogens is 324 g/mol. The van der Waals surface area contributed by atoms with Gasteiger partial charge in [-0.1, -0.05) is 18.2 Å². The second kappa shape index (κ2) is 5.41. The van der Waals surface area contributed by atoms with Crippen LogP contribution in [0.4, 0.5) is 5.69 Å². The summed E-state index contributed by atoms with van der Waals surface area (Å²) in [6.07, 6.45) is 1.44. The molecule has 0 radical (unpaired) electrons. The molecule has 122 valence electrons. The number of nitrogens with one attached hydrogen (secondary N) is 1. The zero-order valence-corrected chi connectivity index (χ0v) is 12.7. The number of aromatic nitrogens is 1. The maximum absolute atomic E-state index is 12.8. The standard InChI is InChI=1S/C18H10N2O5/c21-17(13-7-10-3-1-2-4-16(10)25-18(13)22)14-9-19-15-6-5-11(20(23)24)8-12(14)15/h1-9,19H. The van der Waals surface area contributed by atoms with Crippen molar-refractivity contribution >= 4 is 33.3 Å². The topological polar surface area (TPSA) is 106 Å². The van der Waals surface area contributed by atoms with Crippen molar-refractivity contribution in [2.45, 2.75) is 0 Å². The van der Waals surface area contributed by atoms with E-state index in [1.807, 2.05) is 0 Å². The maximum Gasteiger partial charge on any atom is 0.347 e. The molecule has 0 aliphatic rings.